The third-order valence-electron chi connectivity index (χ3n) is 5.03. The summed E-state index contributed by atoms with van der Waals surface area (Å²) in [6.45, 7) is 2.43. The number of ether oxygens (including phenoxy) is 1. The normalized spacial score (nSPS) is 14.9. The minimum absolute atomic E-state index is 0.205. The van der Waals surface area contributed by atoms with Gasteiger partial charge in [0, 0.05) is 24.7 Å². The molecular weight excluding hydrogens is 474 g/mol. The number of halogens is 2. The number of benzene rings is 2. The van der Waals surface area contributed by atoms with Crippen LogP contribution in [0.4, 0.5) is 10.1 Å². The molecule has 1 aliphatic heterocycles. The quantitative estimate of drug-likeness (QED) is 0.438. The first-order valence-corrected chi connectivity index (χ1v) is 10.0. The van der Waals surface area contributed by atoms with Crippen LogP contribution >= 0.6 is 22.6 Å². The zero-order chi connectivity index (χ0) is 19.3. The third kappa shape index (κ3) is 2.70. The molecule has 0 bridgehead atoms. The van der Waals surface area contributed by atoms with Crippen molar-refractivity contribution >= 4 is 50.1 Å². The van der Waals surface area contributed by atoms with E-state index in [1.54, 1.807) is 6.20 Å². The van der Waals surface area contributed by atoms with E-state index in [1.165, 1.54) is 10.7 Å². The van der Waals surface area contributed by atoms with Gasteiger partial charge in [-0.3, -0.25) is 14.9 Å². The molecule has 28 heavy (non-hydrogen) atoms. The highest BCUT2D eigenvalue weighted by Crippen LogP contribution is 2.35. The smallest absolute Gasteiger partial charge is 0.280 e. The van der Waals surface area contributed by atoms with Crippen LogP contribution in [0.5, 0.6) is 0 Å². The molecule has 0 aliphatic carbocycles. The molecule has 4 aromatic rings. The predicted octanol–water partition coefficient (Wildman–Crippen LogP) is 3.45. The highest BCUT2D eigenvalue weighted by Gasteiger charge is 2.23. The van der Waals surface area contributed by atoms with Crippen molar-refractivity contribution in [2.75, 3.05) is 31.2 Å². The van der Waals surface area contributed by atoms with Gasteiger partial charge in [-0.25, -0.2) is 9.07 Å². The van der Waals surface area contributed by atoms with Crippen molar-refractivity contribution in [3.63, 3.8) is 0 Å². The van der Waals surface area contributed by atoms with E-state index in [0.29, 0.717) is 53.8 Å². The number of morpholine rings is 1. The summed E-state index contributed by atoms with van der Waals surface area (Å²) >= 11 is 2.14. The number of fused-ring (bicyclic) bond motifs is 3. The minimum atomic E-state index is -0.318. The molecule has 0 amide bonds. The van der Waals surface area contributed by atoms with E-state index >= 15 is 4.39 Å². The number of H-pyrrole nitrogens is 1. The van der Waals surface area contributed by atoms with E-state index in [0.717, 1.165) is 9.26 Å². The topological polar surface area (TPSA) is 63.2 Å². The fraction of sp³-hybridized carbons (Fsp3) is 0.200. The summed E-state index contributed by atoms with van der Waals surface area (Å²) < 4.78 is 22.7. The molecule has 8 heteroatoms. The summed E-state index contributed by atoms with van der Waals surface area (Å²) in [5, 5.41) is 4.17. The lowest BCUT2D eigenvalue weighted by Gasteiger charge is -2.30. The van der Waals surface area contributed by atoms with E-state index < -0.39 is 0 Å². The van der Waals surface area contributed by atoms with Crippen LogP contribution in [-0.4, -0.2) is 41.1 Å². The molecule has 6 nitrogen and oxygen atoms in total. The molecule has 3 heterocycles. The standard InChI is InChI=1S/C20H16FIN4O2/c21-15-10-13-17-14(20(27)26(24-17)12-4-2-1-3-5-12)11-23-18(13)16(22)19(15)25-6-8-28-9-7-25/h1-5,10-11,24H,6-9H2. The van der Waals surface area contributed by atoms with Gasteiger partial charge in [-0.2, -0.15) is 0 Å². The Bertz CT molecular complexity index is 1250. The summed E-state index contributed by atoms with van der Waals surface area (Å²) in [5.74, 6) is -0.318. The highest BCUT2D eigenvalue weighted by atomic mass is 127. The number of anilines is 1. The zero-order valence-electron chi connectivity index (χ0n) is 14.8. The Morgan fingerprint density at radius 1 is 1.14 bits per heavy atom. The number of pyridine rings is 1. The SMILES string of the molecule is O=c1c2cnc3c(I)c(N4CCOCC4)c(F)cc3c2[nH]n1-c1ccccc1. The molecule has 5 rings (SSSR count). The molecule has 1 fully saturated rings. The van der Waals surface area contributed by atoms with Gasteiger partial charge >= 0.3 is 0 Å². The van der Waals surface area contributed by atoms with Gasteiger partial charge in [-0.1, -0.05) is 18.2 Å². The lowest BCUT2D eigenvalue weighted by molar-refractivity contribution is 0.122. The average Bonchev–Trinajstić information content (AvgIpc) is 3.07. The summed E-state index contributed by atoms with van der Waals surface area (Å²) in [6, 6.07) is 10.8. The molecule has 2 aromatic carbocycles. The van der Waals surface area contributed by atoms with Gasteiger partial charge in [0.2, 0.25) is 0 Å². The second kappa shape index (κ2) is 6.85. The first-order chi connectivity index (χ1) is 13.6. The highest BCUT2D eigenvalue weighted by molar-refractivity contribution is 14.1. The molecule has 0 atom stereocenters. The summed E-state index contributed by atoms with van der Waals surface area (Å²) in [5.41, 5.74) is 2.33. The number of aromatic nitrogens is 3. The van der Waals surface area contributed by atoms with Gasteiger partial charge in [0.25, 0.3) is 5.56 Å². The van der Waals surface area contributed by atoms with Gasteiger partial charge < -0.3 is 9.64 Å². The maximum absolute atomic E-state index is 15.1. The second-order valence-corrected chi connectivity index (χ2v) is 7.73. The van der Waals surface area contributed by atoms with Crippen LogP contribution in [0.3, 0.4) is 0 Å². The fourth-order valence-electron chi connectivity index (χ4n) is 3.66. The van der Waals surface area contributed by atoms with Crippen molar-refractivity contribution in [3.05, 3.63) is 62.3 Å². The van der Waals surface area contributed by atoms with E-state index in [2.05, 4.69) is 32.7 Å². The van der Waals surface area contributed by atoms with E-state index in [1.807, 2.05) is 35.2 Å². The van der Waals surface area contributed by atoms with Gasteiger partial charge in [0.15, 0.2) is 0 Å². The number of nitrogens with zero attached hydrogens (tertiary/aromatic N) is 3. The van der Waals surface area contributed by atoms with Crippen LogP contribution in [-0.2, 0) is 4.74 Å². The lowest BCUT2D eigenvalue weighted by atomic mass is 10.1. The maximum atomic E-state index is 15.1. The third-order valence-corrected chi connectivity index (χ3v) is 6.05. The fourth-order valence-corrected chi connectivity index (χ4v) is 4.68. The van der Waals surface area contributed by atoms with Crippen LogP contribution < -0.4 is 10.5 Å². The van der Waals surface area contributed by atoms with Gasteiger partial charge in [-0.15, -0.1) is 0 Å². The number of hydrogen-bond acceptors (Lipinski definition) is 4. The Balaban J connectivity index is 1.76. The molecule has 0 saturated carbocycles. The van der Waals surface area contributed by atoms with Crippen molar-refractivity contribution in [3.8, 4) is 5.69 Å². The van der Waals surface area contributed by atoms with Crippen molar-refractivity contribution in [2.45, 2.75) is 0 Å². The molecule has 1 aliphatic rings. The van der Waals surface area contributed by atoms with Gasteiger partial charge in [0.1, 0.15) is 5.82 Å². The van der Waals surface area contributed by atoms with Crippen molar-refractivity contribution in [2.24, 2.45) is 0 Å². The first kappa shape index (κ1) is 17.6. The van der Waals surface area contributed by atoms with Gasteiger partial charge in [-0.05, 0) is 40.8 Å². The minimum Gasteiger partial charge on any atom is -0.378 e. The van der Waals surface area contributed by atoms with Gasteiger partial charge in [0.05, 0.1) is 44.6 Å². The number of aromatic amines is 1. The monoisotopic (exact) mass is 490 g/mol. The number of nitrogens with one attached hydrogen (secondary N) is 1. The molecule has 0 spiro atoms. The second-order valence-electron chi connectivity index (χ2n) is 6.65. The number of rotatable bonds is 2. The molecule has 0 unspecified atom stereocenters. The largest absolute Gasteiger partial charge is 0.378 e. The van der Waals surface area contributed by atoms with Crippen LogP contribution in [0.1, 0.15) is 0 Å². The average molecular weight is 490 g/mol. The van der Waals surface area contributed by atoms with Crippen molar-refractivity contribution in [1.29, 1.82) is 0 Å². The Morgan fingerprint density at radius 3 is 2.64 bits per heavy atom. The molecule has 1 saturated heterocycles. The van der Waals surface area contributed by atoms with Crippen molar-refractivity contribution < 1.29 is 9.13 Å². The molecule has 2 aromatic heterocycles. The summed E-state index contributed by atoms with van der Waals surface area (Å²) in [6.07, 6.45) is 1.57. The predicted molar refractivity (Wildman–Crippen MR) is 115 cm³/mol. The molecular formula is C20H16FIN4O2. The zero-order valence-corrected chi connectivity index (χ0v) is 16.9. The summed E-state index contributed by atoms with van der Waals surface area (Å²) in [4.78, 5) is 19.3. The van der Waals surface area contributed by atoms with E-state index in [4.69, 9.17) is 4.74 Å². The Labute approximate surface area is 173 Å². The summed E-state index contributed by atoms with van der Waals surface area (Å²) in [7, 11) is 0. The Kier molecular flexibility index (Phi) is 4.31. The van der Waals surface area contributed by atoms with Crippen LogP contribution in [0.15, 0.2) is 47.4 Å². The Morgan fingerprint density at radius 2 is 1.89 bits per heavy atom. The molecule has 142 valence electrons. The molecule has 1 N–H and O–H groups in total. The van der Waals surface area contributed by atoms with Crippen LogP contribution in [0, 0.1) is 9.39 Å². The Hall–Kier alpha value is -2.46. The number of hydrogen-bond donors (Lipinski definition) is 1. The lowest BCUT2D eigenvalue weighted by Crippen LogP contribution is -2.37. The maximum Gasteiger partial charge on any atom is 0.280 e. The van der Waals surface area contributed by atoms with Crippen LogP contribution in [0.25, 0.3) is 27.5 Å². The van der Waals surface area contributed by atoms with Crippen molar-refractivity contribution in [1.82, 2.24) is 14.8 Å². The number of para-hydroxylation sites is 1. The molecule has 0 radical (unpaired) electrons. The van der Waals surface area contributed by atoms with E-state index in [-0.39, 0.29) is 11.4 Å². The first-order valence-electron chi connectivity index (χ1n) is 8.94. The van der Waals surface area contributed by atoms with Crippen LogP contribution in [0.2, 0.25) is 0 Å². The van der Waals surface area contributed by atoms with E-state index in [9.17, 15) is 4.79 Å².